The molecule has 0 spiro atoms. The third kappa shape index (κ3) is 3.95. The molecule has 0 bridgehead atoms. The summed E-state index contributed by atoms with van der Waals surface area (Å²) < 4.78 is 8.73. The molecule has 1 aliphatic rings. The molecule has 1 aliphatic heterocycles. The number of aromatic nitrogens is 2. The van der Waals surface area contributed by atoms with Crippen molar-refractivity contribution in [1.29, 1.82) is 0 Å². The largest absolute Gasteiger partial charge is 0.374 e. The van der Waals surface area contributed by atoms with Gasteiger partial charge in [-0.2, -0.15) is 16.9 Å². The summed E-state index contributed by atoms with van der Waals surface area (Å²) in [6.45, 7) is 2.56. The van der Waals surface area contributed by atoms with Crippen molar-refractivity contribution in [2.75, 3.05) is 38.8 Å². The number of nitrogens with zero attached hydrogens (tertiary/aromatic N) is 3. The number of rotatable bonds is 5. The van der Waals surface area contributed by atoms with Crippen LogP contribution < -0.4 is 5.73 Å². The van der Waals surface area contributed by atoms with E-state index >= 15 is 0 Å². The third-order valence-corrected chi connectivity index (χ3v) is 4.78. The van der Waals surface area contributed by atoms with Gasteiger partial charge in [0.05, 0.1) is 41.7 Å². The number of likely N-dealkylation sites (N-methyl/N-ethyl adjacent to an activating group) is 1. The summed E-state index contributed by atoms with van der Waals surface area (Å²) in [5.74, 6) is 2.01. The minimum absolute atomic E-state index is 0.0739. The molecule has 2 heterocycles. The molecule has 19 heavy (non-hydrogen) atoms. The molecule has 1 aromatic rings. The molecule has 2 unspecified atom stereocenters. The van der Waals surface area contributed by atoms with E-state index in [1.54, 1.807) is 0 Å². The predicted octanol–water partition coefficient (Wildman–Crippen LogP) is 1.34. The van der Waals surface area contributed by atoms with Gasteiger partial charge in [-0.15, -0.1) is 0 Å². The fourth-order valence-electron chi connectivity index (χ4n) is 2.07. The van der Waals surface area contributed by atoms with E-state index in [4.69, 9.17) is 10.5 Å². The first kappa shape index (κ1) is 15.3. The Hall–Kier alpha value is -0.0800. The summed E-state index contributed by atoms with van der Waals surface area (Å²) in [5.41, 5.74) is 7.42. The zero-order valence-electron chi connectivity index (χ0n) is 11.4. The predicted molar refractivity (Wildman–Crippen MR) is 82.5 cm³/mol. The molecule has 0 saturated carbocycles. The van der Waals surface area contributed by atoms with Gasteiger partial charge in [-0.25, -0.2) is 0 Å². The van der Waals surface area contributed by atoms with Gasteiger partial charge in [0.15, 0.2) is 0 Å². The Morgan fingerprint density at radius 2 is 2.47 bits per heavy atom. The van der Waals surface area contributed by atoms with Crippen molar-refractivity contribution in [3.63, 3.8) is 0 Å². The van der Waals surface area contributed by atoms with Crippen LogP contribution in [0.4, 0.5) is 0 Å². The molecule has 1 saturated heterocycles. The van der Waals surface area contributed by atoms with Crippen LogP contribution in [0.1, 0.15) is 11.7 Å². The number of hydrogen-bond donors (Lipinski definition) is 1. The molecule has 0 aromatic carbocycles. The average molecular weight is 349 g/mol. The number of nitrogens with two attached hydrogens (primary N) is 1. The SMILES string of the molecule is CN(C)CCn1ncc(Br)c1C(N)C1CSCCO1. The highest BCUT2D eigenvalue weighted by atomic mass is 79.9. The Morgan fingerprint density at radius 3 is 3.11 bits per heavy atom. The summed E-state index contributed by atoms with van der Waals surface area (Å²) in [4.78, 5) is 2.14. The van der Waals surface area contributed by atoms with Gasteiger partial charge in [0.2, 0.25) is 0 Å². The standard InChI is InChI=1S/C12H21BrN4OS/c1-16(2)3-4-17-12(9(13)7-15-17)11(14)10-8-19-6-5-18-10/h7,10-11H,3-6,8,14H2,1-2H3. The normalized spacial score (nSPS) is 21.8. The maximum Gasteiger partial charge on any atom is 0.0873 e. The van der Waals surface area contributed by atoms with Gasteiger partial charge in [-0.1, -0.05) is 0 Å². The first-order chi connectivity index (χ1) is 9.09. The zero-order chi connectivity index (χ0) is 13.8. The van der Waals surface area contributed by atoms with E-state index in [1.165, 1.54) is 0 Å². The fraction of sp³-hybridized carbons (Fsp3) is 0.750. The summed E-state index contributed by atoms with van der Waals surface area (Å²) >= 11 is 5.45. The minimum atomic E-state index is -0.133. The highest BCUT2D eigenvalue weighted by Crippen LogP contribution is 2.28. The van der Waals surface area contributed by atoms with Crippen LogP contribution in [0.2, 0.25) is 0 Å². The molecular formula is C12H21BrN4OS. The maximum atomic E-state index is 6.38. The minimum Gasteiger partial charge on any atom is -0.374 e. The zero-order valence-corrected chi connectivity index (χ0v) is 13.8. The lowest BCUT2D eigenvalue weighted by Gasteiger charge is -2.28. The molecule has 108 valence electrons. The maximum absolute atomic E-state index is 6.38. The summed E-state index contributed by atoms with van der Waals surface area (Å²) in [6.07, 6.45) is 1.89. The quantitative estimate of drug-likeness (QED) is 0.870. The average Bonchev–Trinajstić information content (AvgIpc) is 2.78. The third-order valence-electron chi connectivity index (χ3n) is 3.15. The number of halogens is 1. The Labute approximate surface area is 127 Å². The molecule has 5 nitrogen and oxygen atoms in total. The van der Waals surface area contributed by atoms with Crippen LogP contribution in [-0.2, 0) is 11.3 Å². The lowest BCUT2D eigenvalue weighted by molar-refractivity contribution is 0.0545. The highest BCUT2D eigenvalue weighted by Gasteiger charge is 2.27. The van der Waals surface area contributed by atoms with Crippen LogP contribution in [0, 0.1) is 0 Å². The highest BCUT2D eigenvalue weighted by molar-refractivity contribution is 9.10. The molecule has 1 aromatic heterocycles. The Bertz CT molecular complexity index is 406. The van der Waals surface area contributed by atoms with Crippen LogP contribution >= 0.6 is 27.7 Å². The second-order valence-corrected chi connectivity index (χ2v) is 6.92. The summed E-state index contributed by atoms with van der Waals surface area (Å²) in [5, 5.41) is 4.40. The fourth-order valence-corrected chi connectivity index (χ4v) is 3.54. The number of ether oxygens (including phenoxy) is 1. The van der Waals surface area contributed by atoms with Gasteiger partial charge >= 0.3 is 0 Å². The van der Waals surface area contributed by atoms with Crippen LogP contribution in [-0.4, -0.2) is 59.5 Å². The Morgan fingerprint density at radius 1 is 1.68 bits per heavy atom. The summed E-state index contributed by atoms with van der Waals surface area (Å²) in [7, 11) is 4.11. The second kappa shape index (κ2) is 7.08. The van der Waals surface area contributed by atoms with Crippen LogP contribution in [0.3, 0.4) is 0 Å². The van der Waals surface area contributed by atoms with E-state index in [0.29, 0.717) is 0 Å². The Balaban J connectivity index is 2.10. The first-order valence-corrected chi connectivity index (χ1v) is 8.35. The van der Waals surface area contributed by atoms with Crippen molar-refractivity contribution in [2.45, 2.75) is 18.7 Å². The van der Waals surface area contributed by atoms with Crippen LogP contribution in [0.25, 0.3) is 0 Å². The molecule has 2 N–H and O–H groups in total. The van der Waals surface area contributed by atoms with Gasteiger partial charge in [-0.05, 0) is 30.0 Å². The van der Waals surface area contributed by atoms with Crippen molar-refractivity contribution in [2.24, 2.45) is 5.73 Å². The van der Waals surface area contributed by atoms with E-state index in [2.05, 4.69) is 40.0 Å². The lowest BCUT2D eigenvalue weighted by Crippen LogP contribution is -2.36. The second-order valence-electron chi connectivity index (χ2n) is 4.91. The van der Waals surface area contributed by atoms with Crippen LogP contribution in [0.5, 0.6) is 0 Å². The van der Waals surface area contributed by atoms with Crippen molar-refractivity contribution >= 4 is 27.7 Å². The smallest absolute Gasteiger partial charge is 0.0873 e. The van der Waals surface area contributed by atoms with Crippen molar-refractivity contribution < 1.29 is 4.74 Å². The molecule has 2 rings (SSSR count). The van der Waals surface area contributed by atoms with E-state index < -0.39 is 0 Å². The molecule has 0 aliphatic carbocycles. The Kier molecular flexibility index (Phi) is 5.70. The van der Waals surface area contributed by atoms with Crippen molar-refractivity contribution in [1.82, 2.24) is 14.7 Å². The molecule has 2 atom stereocenters. The van der Waals surface area contributed by atoms with Gasteiger partial charge in [-0.3, -0.25) is 4.68 Å². The van der Waals surface area contributed by atoms with Crippen LogP contribution in [0.15, 0.2) is 10.7 Å². The van der Waals surface area contributed by atoms with E-state index in [9.17, 15) is 0 Å². The summed E-state index contributed by atoms with van der Waals surface area (Å²) in [6, 6.07) is -0.133. The molecule has 0 radical (unpaired) electrons. The van der Waals surface area contributed by atoms with Gasteiger partial charge in [0, 0.05) is 18.1 Å². The first-order valence-electron chi connectivity index (χ1n) is 6.40. The van der Waals surface area contributed by atoms with E-state index in [-0.39, 0.29) is 12.1 Å². The lowest BCUT2D eigenvalue weighted by atomic mass is 10.1. The van der Waals surface area contributed by atoms with Gasteiger partial charge in [0.1, 0.15) is 0 Å². The van der Waals surface area contributed by atoms with Gasteiger partial charge < -0.3 is 15.4 Å². The van der Waals surface area contributed by atoms with E-state index in [1.807, 2.05) is 22.6 Å². The number of hydrogen-bond acceptors (Lipinski definition) is 5. The monoisotopic (exact) mass is 348 g/mol. The van der Waals surface area contributed by atoms with Crippen molar-refractivity contribution in [3.8, 4) is 0 Å². The van der Waals surface area contributed by atoms with E-state index in [0.717, 1.165) is 41.4 Å². The number of thioether (sulfide) groups is 1. The molecule has 1 fully saturated rings. The molecular weight excluding hydrogens is 328 g/mol. The molecule has 0 amide bonds. The van der Waals surface area contributed by atoms with Crippen molar-refractivity contribution in [3.05, 3.63) is 16.4 Å². The van der Waals surface area contributed by atoms with Gasteiger partial charge in [0.25, 0.3) is 0 Å². The topological polar surface area (TPSA) is 56.3 Å². The molecule has 7 heteroatoms.